The molecule has 1 N–H and O–H groups in total. The summed E-state index contributed by atoms with van der Waals surface area (Å²) in [4.78, 5) is 23.3. The zero-order chi connectivity index (χ0) is 21.1. The number of nitrogens with zero attached hydrogens (tertiary/aromatic N) is 5. The Hall–Kier alpha value is -4.09. The standard InChI is InChI=1S/C17H15FN6O5/c1-9-20-21-22-23(9)10-4-5-12(18)13(6-10)19-17(25)11-7-15(28-2)16(29-3)8-14(11)24(26)27/h4-8H,1-3H3,(H,19,25). The summed E-state index contributed by atoms with van der Waals surface area (Å²) >= 11 is 0. The highest BCUT2D eigenvalue weighted by Crippen LogP contribution is 2.35. The fourth-order valence-electron chi connectivity index (χ4n) is 2.60. The summed E-state index contributed by atoms with van der Waals surface area (Å²) in [5.41, 5.74) is -0.651. The van der Waals surface area contributed by atoms with Crippen LogP contribution in [-0.2, 0) is 0 Å². The molecule has 1 heterocycles. The van der Waals surface area contributed by atoms with Gasteiger partial charge in [0.2, 0.25) is 0 Å². The number of nitrogens with one attached hydrogen (secondary N) is 1. The molecule has 11 nitrogen and oxygen atoms in total. The lowest BCUT2D eigenvalue weighted by molar-refractivity contribution is -0.385. The molecule has 0 aliphatic rings. The van der Waals surface area contributed by atoms with Gasteiger partial charge in [0.15, 0.2) is 17.3 Å². The number of benzene rings is 2. The van der Waals surface area contributed by atoms with Gasteiger partial charge in [-0.2, -0.15) is 4.68 Å². The number of nitro groups is 1. The summed E-state index contributed by atoms with van der Waals surface area (Å²) in [6.45, 7) is 1.65. The average molecular weight is 402 g/mol. The Balaban J connectivity index is 2.00. The second kappa shape index (κ2) is 7.88. The molecule has 29 heavy (non-hydrogen) atoms. The summed E-state index contributed by atoms with van der Waals surface area (Å²) in [6.07, 6.45) is 0. The Morgan fingerprint density at radius 2 is 1.90 bits per heavy atom. The zero-order valence-corrected chi connectivity index (χ0v) is 15.5. The first-order chi connectivity index (χ1) is 13.8. The summed E-state index contributed by atoms with van der Waals surface area (Å²) in [7, 11) is 2.63. The maximum absolute atomic E-state index is 14.3. The molecular weight excluding hydrogens is 387 g/mol. The smallest absolute Gasteiger partial charge is 0.286 e. The number of methoxy groups -OCH3 is 2. The van der Waals surface area contributed by atoms with Crippen molar-refractivity contribution in [3.05, 3.63) is 57.7 Å². The molecule has 3 aromatic rings. The van der Waals surface area contributed by atoms with Crippen LogP contribution in [0.2, 0.25) is 0 Å². The Bertz CT molecular complexity index is 1100. The van der Waals surface area contributed by atoms with Gasteiger partial charge in [0.25, 0.3) is 11.6 Å². The van der Waals surface area contributed by atoms with Crippen LogP contribution in [0.3, 0.4) is 0 Å². The fraction of sp³-hybridized carbons (Fsp3) is 0.176. The van der Waals surface area contributed by atoms with Gasteiger partial charge in [-0.05, 0) is 35.5 Å². The first-order valence-corrected chi connectivity index (χ1v) is 8.12. The maximum Gasteiger partial charge on any atom is 0.286 e. The predicted molar refractivity (Wildman–Crippen MR) is 98.0 cm³/mol. The molecule has 12 heteroatoms. The van der Waals surface area contributed by atoms with Crippen molar-refractivity contribution in [1.82, 2.24) is 20.2 Å². The maximum atomic E-state index is 14.3. The first kappa shape index (κ1) is 19.7. The van der Waals surface area contributed by atoms with Crippen molar-refractivity contribution in [1.29, 1.82) is 0 Å². The van der Waals surface area contributed by atoms with Gasteiger partial charge in [0.1, 0.15) is 11.4 Å². The molecule has 0 saturated carbocycles. The van der Waals surface area contributed by atoms with Gasteiger partial charge in [0, 0.05) is 6.07 Å². The topological polar surface area (TPSA) is 134 Å². The van der Waals surface area contributed by atoms with Crippen LogP contribution in [-0.4, -0.2) is 45.3 Å². The van der Waals surface area contributed by atoms with E-state index in [0.29, 0.717) is 11.5 Å². The minimum atomic E-state index is -0.901. The van der Waals surface area contributed by atoms with Crippen molar-refractivity contribution < 1.29 is 23.6 Å². The molecule has 0 fully saturated rings. The van der Waals surface area contributed by atoms with Crippen molar-refractivity contribution in [2.45, 2.75) is 6.92 Å². The lowest BCUT2D eigenvalue weighted by Gasteiger charge is -2.12. The normalized spacial score (nSPS) is 10.5. The summed E-state index contributed by atoms with van der Waals surface area (Å²) in [5.74, 6) is -0.998. The van der Waals surface area contributed by atoms with E-state index in [1.54, 1.807) is 6.92 Å². The van der Waals surface area contributed by atoms with Crippen LogP contribution >= 0.6 is 0 Å². The van der Waals surface area contributed by atoms with Crippen LogP contribution in [0.4, 0.5) is 15.8 Å². The van der Waals surface area contributed by atoms with E-state index in [1.807, 2.05) is 0 Å². The van der Waals surface area contributed by atoms with Crippen molar-refractivity contribution in [2.24, 2.45) is 0 Å². The number of halogens is 1. The number of anilines is 1. The van der Waals surface area contributed by atoms with Gasteiger partial charge in [-0.25, -0.2) is 4.39 Å². The van der Waals surface area contributed by atoms with Gasteiger partial charge in [-0.3, -0.25) is 14.9 Å². The highest BCUT2D eigenvalue weighted by atomic mass is 19.1. The molecule has 0 atom stereocenters. The third kappa shape index (κ3) is 3.81. The monoisotopic (exact) mass is 402 g/mol. The Kier molecular flexibility index (Phi) is 5.34. The number of carbonyl (C=O) groups excluding carboxylic acids is 1. The predicted octanol–water partition coefficient (Wildman–Crippen LogP) is 2.29. The van der Waals surface area contributed by atoms with E-state index < -0.39 is 22.3 Å². The van der Waals surface area contributed by atoms with E-state index in [-0.39, 0.29) is 22.7 Å². The highest BCUT2D eigenvalue weighted by molar-refractivity contribution is 6.07. The van der Waals surface area contributed by atoms with Gasteiger partial charge >= 0.3 is 0 Å². The Morgan fingerprint density at radius 1 is 1.21 bits per heavy atom. The number of hydrogen-bond acceptors (Lipinski definition) is 8. The third-order valence-electron chi connectivity index (χ3n) is 4.01. The van der Waals surface area contributed by atoms with E-state index in [9.17, 15) is 19.3 Å². The molecule has 0 aliphatic carbocycles. The van der Waals surface area contributed by atoms with Crippen molar-refractivity contribution in [3.8, 4) is 17.2 Å². The number of carbonyl (C=O) groups is 1. The molecule has 2 aromatic carbocycles. The average Bonchev–Trinajstić information content (AvgIpc) is 3.14. The number of ether oxygens (including phenoxy) is 2. The number of rotatable bonds is 6. The molecule has 3 rings (SSSR count). The second-order valence-corrected chi connectivity index (χ2v) is 5.74. The zero-order valence-electron chi connectivity index (χ0n) is 15.5. The van der Waals surface area contributed by atoms with Gasteiger partial charge in [-0.15, -0.1) is 5.10 Å². The Labute approximate surface area is 163 Å². The molecule has 1 aromatic heterocycles. The molecule has 0 saturated heterocycles. The van der Waals surface area contributed by atoms with E-state index in [4.69, 9.17) is 9.47 Å². The molecule has 1 amide bonds. The van der Waals surface area contributed by atoms with Crippen LogP contribution in [0, 0.1) is 22.9 Å². The number of nitro benzene ring substituents is 1. The highest BCUT2D eigenvalue weighted by Gasteiger charge is 2.25. The van der Waals surface area contributed by atoms with Gasteiger partial charge < -0.3 is 14.8 Å². The molecular formula is C17H15FN6O5. The largest absolute Gasteiger partial charge is 0.493 e. The van der Waals surface area contributed by atoms with Crippen LogP contribution in [0.1, 0.15) is 16.2 Å². The minimum absolute atomic E-state index is 0.0816. The van der Waals surface area contributed by atoms with E-state index in [1.165, 1.54) is 31.0 Å². The molecule has 0 radical (unpaired) electrons. The lowest BCUT2D eigenvalue weighted by atomic mass is 10.1. The Morgan fingerprint density at radius 3 is 2.48 bits per heavy atom. The third-order valence-corrected chi connectivity index (χ3v) is 4.01. The second-order valence-electron chi connectivity index (χ2n) is 5.74. The first-order valence-electron chi connectivity index (χ1n) is 8.12. The fourth-order valence-corrected chi connectivity index (χ4v) is 2.60. The summed E-state index contributed by atoms with van der Waals surface area (Å²) < 4.78 is 25.7. The number of aryl methyl sites for hydroxylation is 1. The number of tetrazole rings is 1. The van der Waals surface area contributed by atoms with Crippen LogP contribution in [0.25, 0.3) is 5.69 Å². The SMILES string of the molecule is COc1cc(C(=O)Nc2cc(-n3nnnc3C)ccc2F)c([N+](=O)[O-])cc1OC. The van der Waals surface area contributed by atoms with E-state index >= 15 is 0 Å². The van der Waals surface area contributed by atoms with Gasteiger partial charge in [-0.1, -0.05) is 0 Å². The molecule has 0 unspecified atom stereocenters. The quantitative estimate of drug-likeness (QED) is 0.490. The van der Waals surface area contributed by atoms with Crippen molar-refractivity contribution in [3.63, 3.8) is 0 Å². The number of hydrogen-bond donors (Lipinski definition) is 1. The molecule has 150 valence electrons. The lowest BCUT2D eigenvalue weighted by Crippen LogP contribution is -2.16. The van der Waals surface area contributed by atoms with E-state index in [0.717, 1.165) is 18.2 Å². The van der Waals surface area contributed by atoms with E-state index in [2.05, 4.69) is 20.8 Å². The van der Waals surface area contributed by atoms with Crippen LogP contribution in [0.5, 0.6) is 11.5 Å². The van der Waals surface area contributed by atoms with Crippen LogP contribution in [0.15, 0.2) is 30.3 Å². The number of aromatic nitrogens is 4. The summed E-state index contributed by atoms with van der Waals surface area (Å²) in [5, 5.41) is 24.7. The van der Waals surface area contributed by atoms with Gasteiger partial charge in [0.05, 0.1) is 36.6 Å². The number of amides is 1. The molecule has 0 aliphatic heterocycles. The molecule has 0 bridgehead atoms. The molecule has 0 spiro atoms. The minimum Gasteiger partial charge on any atom is -0.493 e. The van der Waals surface area contributed by atoms with Crippen molar-refractivity contribution in [2.75, 3.05) is 19.5 Å². The summed E-state index contributed by atoms with van der Waals surface area (Å²) in [6, 6.07) is 6.07. The van der Waals surface area contributed by atoms with Crippen LogP contribution < -0.4 is 14.8 Å². The van der Waals surface area contributed by atoms with Crippen molar-refractivity contribution >= 4 is 17.3 Å².